The maximum atomic E-state index is 14.0. The molecule has 2 heterocycles. The van der Waals surface area contributed by atoms with E-state index in [-0.39, 0.29) is 11.5 Å². The molecule has 6 rings (SSSR count). The van der Waals surface area contributed by atoms with Gasteiger partial charge in [0, 0.05) is 13.6 Å². The molecule has 4 saturated carbocycles. The molecule has 5 heteroatoms. The monoisotopic (exact) mass is 375 g/mol. The van der Waals surface area contributed by atoms with Crippen LogP contribution in [0.1, 0.15) is 75.9 Å². The zero-order valence-electron chi connectivity index (χ0n) is 15.8. The van der Waals surface area contributed by atoms with Crippen LogP contribution < -0.4 is 0 Å². The molecule has 26 heavy (non-hydrogen) atoms. The van der Waals surface area contributed by atoms with E-state index in [1.807, 2.05) is 11.7 Å². The normalized spacial score (nSPS) is 39.2. The third-order valence-corrected chi connectivity index (χ3v) is 8.05. The van der Waals surface area contributed by atoms with Crippen molar-refractivity contribution in [1.29, 1.82) is 0 Å². The summed E-state index contributed by atoms with van der Waals surface area (Å²) in [6, 6.07) is 0.0954. The molecule has 1 aromatic rings. The minimum atomic E-state index is -0.0671. The number of aryl methyl sites for hydroxylation is 1. The van der Waals surface area contributed by atoms with E-state index < -0.39 is 0 Å². The highest BCUT2D eigenvalue weighted by Crippen LogP contribution is 2.61. The highest BCUT2D eigenvalue weighted by atomic mass is 35.5. The molecule has 0 unspecified atom stereocenters. The average molecular weight is 376 g/mol. The van der Waals surface area contributed by atoms with Crippen molar-refractivity contribution in [3.05, 3.63) is 16.9 Å². The number of hydrogen-bond donors (Lipinski definition) is 0. The number of amides is 1. The first kappa shape index (κ1) is 17.1. The number of hydrogen-bond acceptors (Lipinski definition) is 2. The second kappa shape index (κ2) is 6.25. The van der Waals surface area contributed by atoms with E-state index in [9.17, 15) is 4.79 Å². The Hall–Kier alpha value is -1.03. The van der Waals surface area contributed by atoms with Crippen LogP contribution in [0.5, 0.6) is 0 Å². The molecule has 0 radical (unpaired) electrons. The Labute approximate surface area is 161 Å². The molecule has 142 valence electrons. The zero-order chi connectivity index (χ0) is 17.9. The maximum Gasteiger partial charge on any atom is 0.229 e. The Morgan fingerprint density at radius 3 is 2.35 bits per heavy atom. The predicted molar refractivity (Wildman–Crippen MR) is 102 cm³/mol. The Bertz CT molecular complexity index is 657. The SMILES string of the molecule is Cn1ncc(Cl)c1[C@H]1CCCCCN1C(=O)C12CC3CC(CC(C3)C1)C2. The standard InChI is InChI=1S/C21H30ClN3O/c1-24-19(17(22)13-23-24)18-5-3-2-4-6-25(18)20(26)21-10-14-7-15(11-21)9-16(8-14)12-21/h13-16,18H,2-12H2,1H3/t14?,15?,16?,18-,21?/m1/s1. The molecule has 0 spiro atoms. The van der Waals surface area contributed by atoms with E-state index in [1.165, 1.54) is 25.7 Å². The van der Waals surface area contributed by atoms with Crippen molar-refractivity contribution in [2.24, 2.45) is 30.2 Å². The number of halogens is 1. The summed E-state index contributed by atoms with van der Waals surface area (Å²) in [7, 11) is 1.96. The third-order valence-electron chi connectivity index (χ3n) is 7.76. The van der Waals surface area contributed by atoms with Gasteiger partial charge in [0.25, 0.3) is 0 Å². The number of aromatic nitrogens is 2. The van der Waals surface area contributed by atoms with Gasteiger partial charge < -0.3 is 4.90 Å². The van der Waals surface area contributed by atoms with Gasteiger partial charge in [-0.15, -0.1) is 0 Å². The fourth-order valence-electron chi connectivity index (χ4n) is 7.11. The number of likely N-dealkylation sites (tertiary alicyclic amines) is 1. The fourth-order valence-corrected chi connectivity index (χ4v) is 7.40. The largest absolute Gasteiger partial charge is 0.334 e. The predicted octanol–water partition coefficient (Wildman–Crippen LogP) is 4.73. The van der Waals surface area contributed by atoms with Gasteiger partial charge in [0.1, 0.15) is 0 Å². The Morgan fingerprint density at radius 2 is 1.77 bits per heavy atom. The molecule has 0 N–H and O–H groups in total. The molecule has 5 fully saturated rings. The molecule has 1 saturated heterocycles. The van der Waals surface area contributed by atoms with Gasteiger partial charge in [-0.3, -0.25) is 9.48 Å². The van der Waals surface area contributed by atoms with E-state index in [1.54, 1.807) is 6.20 Å². The summed E-state index contributed by atoms with van der Waals surface area (Å²) in [5.74, 6) is 2.85. The van der Waals surface area contributed by atoms with Crippen LogP contribution in [0.15, 0.2) is 6.20 Å². The summed E-state index contributed by atoms with van der Waals surface area (Å²) in [6.07, 6.45) is 13.8. The van der Waals surface area contributed by atoms with E-state index in [4.69, 9.17) is 11.6 Å². The summed E-state index contributed by atoms with van der Waals surface area (Å²) in [5.41, 5.74) is 0.967. The van der Waals surface area contributed by atoms with Crippen molar-refractivity contribution in [2.45, 2.75) is 70.3 Å². The van der Waals surface area contributed by atoms with Crippen LogP contribution in [0.3, 0.4) is 0 Å². The highest BCUT2D eigenvalue weighted by molar-refractivity contribution is 6.31. The second-order valence-electron chi connectivity index (χ2n) is 9.56. The number of carbonyl (C=O) groups excluding carboxylic acids is 1. The van der Waals surface area contributed by atoms with Crippen molar-refractivity contribution in [3.63, 3.8) is 0 Å². The van der Waals surface area contributed by atoms with Crippen molar-refractivity contribution in [2.75, 3.05) is 6.54 Å². The molecular weight excluding hydrogens is 346 g/mol. The van der Waals surface area contributed by atoms with Crippen LogP contribution in [0, 0.1) is 23.2 Å². The van der Waals surface area contributed by atoms with Gasteiger partial charge in [-0.25, -0.2) is 0 Å². The average Bonchev–Trinajstić information content (AvgIpc) is 2.80. The van der Waals surface area contributed by atoms with Crippen LogP contribution in [0.25, 0.3) is 0 Å². The maximum absolute atomic E-state index is 14.0. The molecule has 4 bridgehead atoms. The summed E-state index contributed by atoms with van der Waals surface area (Å²) in [6.45, 7) is 0.882. The van der Waals surface area contributed by atoms with Gasteiger partial charge >= 0.3 is 0 Å². The van der Waals surface area contributed by atoms with Crippen molar-refractivity contribution < 1.29 is 4.79 Å². The first-order valence-corrected chi connectivity index (χ1v) is 10.9. The number of carbonyl (C=O) groups is 1. The smallest absolute Gasteiger partial charge is 0.229 e. The molecular formula is C21H30ClN3O. The molecule has 5 aliphatic rings. The van der Waals surface area contributed by atoms with E-state index >= 15 is 0 Å². The fraction of sp³-hybridized carbons (Fsp3) is 0.810. The molecule has 4 nitrogen and oxygen atoms in total. The summed E-state index contributed by atoms with van der Waals surface area (Å²) in [4.78, 5) is 16.2. The molecule has 1 aromatic heterocycles. The van der Waals surface area contributed by atoms with Crippen molar-refractivity contribution in [3.8, 4) is 0 Å². The van der Waals surface area contributed by atoms with Crippen molar-refractivity contribution >= 4 is 17.5 Å². The summed E-state index contributed by atoms with van der Waals surface area (Å²) < 4.78 is 1.89. The summed E-state index contributed by atoms with van der Waals surface area (Å²) >= 11 is 6.50. The minimum Gasteiger partial charge on any atom is -0.334 e. The van der Waals surface area contributed by atoms with Gasteiger partial charge in [0.05, 0.1) is 28.4 Å². The molecule has 1 atom stereocenters. The van der Waals surface area contributed by atoms with Crippen LogP contribution in [-0.2, 0) is 11.8 Å². The van der Waals surface area contributed by atoms with Crippen LogP contribution in [0.2, 0.25) is 5.02 Å². The Kier molecular flexibility index (Phi) is 4.11. The Balaban J connectivity index is 1.49. The van der Waals surface area contributed by atoms with Gasteiger partial charge in [-0.1, -0.05) is 24.4 Å². The highest BCUT2D eigenvalue weighted by Gasteiger charge is 2.56. The molecule has 1 amide bonds. The quantitative estimate of drug-likeness (QED) is 0.749. The third kappa shape index (κ3) is 2.63. The lowest BCUT2D eigenvalue weighted by Gasteiger charge is -2.57. The molecule has 0 aromatic carbocycles. The van der Waals surface area contributed by atoms with Gasteiger partial charge in [0.15, 0.2) is 0 Å². The lowest BCUT2D eigenvalue weighted by Crippen LogP contribution is -2.55. The zero-order valence-corrected chi connectivity index (χ0v) is 16.5. The number of nitrogens with zero attached hydrogens (tertiary/aromatic N) is 3. The minimum absolute atomic E-state index is 0.0671. The number of rotatable bonds is 2. The van der Waals surface area contributed by atoms with E-state index in [0.717, 1.165) is 68.5 Å². The molecule has 1 aliphatic heterocycles. The van der Waals surface area contributed by atoms with Crippen LogP contribution in [-0.4, -0.2) is 27.1 Å². The van der Waals surface area contributed by atoms with Gasteiger partial charge in [-0.2, -0.15) is 5.10 Å². The van der Waals surface area contributed by atoms with Crippen LogP contribution >= 0.6 is 11.6 Å². The van der Waals surface area contributed by atoms with Gasteiger partial charge in [0.2, 0.25) is 5.91 Å². The van der Waals surface area contributed by atoms with Crippen molar-refractivity contribution in [1.82, 2.24) is 14.7 Å². The first-order chi connectivity index (χ1) is 12.6. The first-order valence-electron chi connectivity index (χ1n) is 10.5. The van der Waals surface area contributed by atoms with E-state index in [2.05, 4.69) is 10.00 Å². The lowest BCUT2D eigenvalue weighted by atomic mass is 9.49. The topological polar surface area (TPSA) is 38.1 Å². The lowest BCUT2D eigenvalue weighted by molar-refractivity contribution is -0.160. The second-order valence-corrected chi connectivity index (χ2v) is 9.97. The van der Waals surface area contributed by atoms with Gasteiger partial charge in [-0.05, 0) is 69.1 Å². The Morgan fingerprint density at radius 1 is 1.12 bits per heavy atom. The van der Waals surface area contributed by atoms with Crippen LogP contribution in [0.4, 0.5) is 0 Å². The molecule has 4 aliphatic carbocycles. The van der Waals surface area contributed by atoms with E-state index in [0.29, 0.717) is 10.9 Å². The summed E-state index contributed by atoms with van der Waals surface area (Å²) in [5, 5.41) is 5.07.